The van der Waals surface area contributed by atoms with E-state index in [4.69, 9.17) is 5.73 Å². The van der Waals surface area contributed by atoms with Crippen molar-refractivity contribution in [2.45, 2.75) is 52.0 Å². The molecular formula is C17H27FN2. The molecule has 2 nitrogen and oxygen atoms in total. The molecule has 0 spiro atoms. The van der Waals surface area contributed by atoms with Crippen LogP contribution >= 0.6 is 0 Å². The van der Waals surface area contributed by atoms with E-state index in [1.54, 1.807) is 6.07 Å². The lowest BCUT2D eigenvalue weighted by Crippen LogP contribution is -2.34. The number of nitrogens with zero attached hydrogens (tertiary/aromatic N) is 1. The van der Waals surface area contributed by atoms with Crippen molar-refractivity contribution in [3.63, 3.8) is 0 Å². The Morgan fingerprint density at radius 2 is 2.00 bits per heavy atom. The summed E-state index contributed by atoms with van der Waals surface area (Å²) in [5.74, 6) is 0.719. The van der Waals surface area contributed by atoms with Crippen molar-refractivity contribution in [2.24, 2.45) is 11.7 Å². The summed E-state index contributed by atoms with van der Waals surface area (Å²) in [5, 5.41) is 0. The van der Waals surface area contributed by atoms with Crippen molar-refractivity contribution in [1.82, 2.24) is 0 Å². The lowest BCUT2D eigenvalue weighted by atomic mass is 9.94. The zero-order valence-corrected chi connectivity index (χ0v) is 12.7. The van der Waals surface area contributed by atoms with Crippen molar-refractivity contribution in [3.8, 4) is 0 Å². The molecule has 1 aliphatic rings. The minimum Gasteiger partial charge on any atom is -0.369 e. The van der Waals surface area contributed by atoms with Crippen LogP contribution in [0, 0.1) is 11.7 Å². The molecule has 1 saturated heterocycles. The monoisotopic (exact) mass is 278 g/mol. The summed E-state index contributed by atoms with van der Waals surface area (Å²) in [6, 6.07) is 5.75. The molecule has 1 atom stereocenters. The Morgan fingerprint density at radius 3 is 2.55 bits per heavy atom. The SMILES string of the molecule is CCC(N)Cc1ccc(N2CCC(CC)CC2)c(F)c1. The first kappa shape index (κ1) is 15.3. The van der Waals surface area contributed by atoms with Gasteiger partial charge in [0.2, 0.25) is 0 Å². The second kappa shape index (κ2) is 7.07. The summed E-state index contributed by atoms with van der Waals surface area (Å²) in [6.45, 7) is 6.26. The van der Waals surface area contributed by atoms with Crippen LogP contribution in [0.15, 0.2) is 18.2 Å². The van der Waals surface area contributed by atoms with Gasteiger partial charge in [0, 0.05) is 19.1 Å². The maximum absolute atomic E-state index is 14.3. The van der Waals surface area contributed by atoms with Gasteiger partial charge in [-0.05, 0) is 49.3 Å². The molecule has 0 amide bonds. The number of benzene rings is 1. The van der Waals surface area contributed by atoms with E-state index in [1.165, 1.54) is 19.3 Å². The average Bonchev–Trinajstić information content (AvgIpc) is 2.47. The first-order valence-corrected chi connectivity index (χ1v) is 7.93. The summed E-state index contributed by atoms with van der Waals surface area (Å²) in [5.41, 5.74) is 7.70. The molecule has 3 heteroatoms. The molecule has 0 aliphatic carbocycles. The van der Waals surface area contributed by atoms with Crippen LogP contribution in [0.4, 0.5) is 10.1 Å². The van der Waals surface area contributed by atoms with Gasteiger partial charge < -0.3 is 10.6 Å². The Bertz CT molecular complexity index is 425. The van der Waals surface area contributed by atoms with Gasteiger partial charge in [0.05, 0.1) is 5.69 Å². The van der Waals surface area contributed by atoms with Crippen LogP contribution < -0.4 is 10.6 Å². The van der Waals surface area contributed by atoms with E-state index in [1.807, 2.05) is 12.1 Å². The fourth-order valence-electron chi connectivity index (χ4n) is 2.96. The maximum Gasteiger partial charge on any atom is 0.146 e. The summed E-state index contributed by atoms with van der Waals surface area (Å²) in [6.07, 6.45) is 5.28. The Balaban J connectivity index is 2.03. The number of rotatable bonds is 5. The van der Waals surface area contributed by atoms with Gasteiger partial charge in [-0.15, -0.1) is 0 Å². The highest BCUT2D eigenvalue weighted by Crippen LogP contribution is 2.27. The third-order valence-electron chi connectivity index (χ3n) is 4.57. The lowest BCUT2D eigenvalue weighted by Gasteiger charge is -2.33. The molecule has 112 valence electrons. The Hall–Kier alpha value is -1.09. The van der Waals surface area contributed by atoms with Crippen molar-refractivity contribution >= 4 is 5.69 Å². The zero-order valence-electron chi connectivity index (χ0n) is 12.7. The Labute approximate surface area is 122 Å². The predicted octanol–water partition coefficient (Wildman–Crippen LogP) is 3.73. The first-order chi connectivity index (χ1) is 9.63. The van der Waals surface area contributed by atoms with Gasteiger partial charge in [0.15, 0.2) is 0 Å². The van der Waals surface area contributed by atoms with Gasteiger partial charge in [-0.3, -0.25) is 0 Å². The maximum atomic E-state index is 14.3. The van der Waals surface area contributed by atoms with Crippen LogP contribution in [-0.4, -0.2) is 19.1 Å². The van der Waals surface area contributed by atoms with Gasteiger partial charge >= 0.3 is 0 Å². The van der Waals surface area contributed by atoms with E-state index in [9.17, 15) is 4.39 Å². The Morgan fingerprint density at radius 1 is 1.30 bits per heavy atom. The Kier molecular flexibility index (Phi) is 5.41. The van der Waals surface area contributed by atoms with Crippen LogP contribution in [0.25, 0.3) is 0 Å². The van der Waals surface area contributed by atoms with Crippen molar-refractivity contribution in [1.29, 1.82) is 0 Å². The van der Waals surface area contributed by atoms with Crippen LogP contribution in [-0.2, 0) is 6.42 Å². The van der Waals surface area contributed by atoms with Crippen molar-refractivity contribution in [3.05, 3.63) is 29.6 Å². The second-order valence-corrected chi connectivity index (χ2v) is 6.00. The number of hydrogen-bond donors (Lipinski definition) is 1. The number of halogens is 1. The number of anilines is 1. The average molecular weight is 278 g/mol. The van der Waals surface area contributed by atoms with Crippen molar-refractivity contribution < 1.29 is 4.39 Å². The summed E-state index contributed by atoms with van der Waals surface area (Å²) in [4.78, 5) is 2.19. The molecule has 20 heavy (non-hydrogen) atoms. The van der Waals surface area contributed by atoms with E-state index in [-0.39, 0.29) is 11.9 Å². The highest BCUT2D eigenvalue weighted by molar-refractivity contribution is 5.49. The molecule has 0 aromatic heterocycles. The van der Waals surface area contributed by atoms with Crippen LogP contribution in [0.5, 0.6) is 0 Å². The normalized spacial score (nSPS) is 18.3. The quantitative estimate of drug-likeness (QED) is 0.889. The smallest absolute Gasteiger partial charge is 0.146 e. The third kappa shape index (κ3) is 3.72. The van der Waals surface area contributed by atoms with Gasteiger partial charge in [-0.25, -0.2) is 4.39 Å². The number of nitrogens with two attached hydrogens (primary N) is 1. The molecule has 1 aromatic rings. The summed E-state index contributed by atoms with van der Waals surface area (Å²) < 4.78 is 14.3. The molecular weight excluding hydrogens is 251 g/mol. The molecule has 0 saturated carbocycles. The number of piperidine rings is 1. The molecule has 1 aromatic carbocycles. The molecule has 2 rings (SSSR count). The standard InChI is InChI=1S/C17H27FN2/c1-3-13-7-9-20(10-8-13)17-6-5-14(12-16(17)18)11-15(19)4-2/h5-6,12-13,15H,3-4,7-11,19H2,1-2H3. The van der Waals surface area contributed by atoms with Gasteiger partial charge in [0.1, 0.15) is 5.82 Å². The molecule has 1 fully saturated rings. The fourth-order valence-corrected chi connectivity index (χ4v) is 2.96. The molecule has 0 bridgehead atoms. The van der Waals surface area contributed by atoms with E-state index in [0.717, 1.165) is 43.1 Å². The lowest BCUT2D eigenvalue weighted by molar-refractivity contribution is 0.392. The van der Waals surface area contributed by atoms with Crippen molar-refractivity contribution in [2.75, 3.05) is 18.0 Å². The van der Waals surface area contributed by atoms with E-state index >= 15 is 0 Å². The molecule has 2 N–H and O–H groups in total. The molecule has 1 heterocycles. The topological polar surface area (TPSA) is 29.3 Å². The van der Waals surface area contributed by atoms with Gasteiger partial charge in [0.25, 0.3) is 0 Å². The molecule has 0 radical (unpaired) electrons. The van der Waals surface area contributed by atoms with Crippen LogP contribution in [0.3, 0.4) is 0 Å². The molecule has 1 unspecified atom stereocenters. The number of hydrogen-bond acceptors (Lipinski definition) is 2. The van der Waals surface area contributed by atoms with E-state index in [0.29, 0.717) is 0 Å². The minimum absolute atomic E-state index is 0.0965. The summed E-state index contributed by atoms with van der Waals surface area (Å²) in [7, 11) is 0. The van der Waals surface area contributed by atoms with E-state index < -0.39 is 0 Å². The minimum atomic E-state index is -0.0965. The van der Waals surface area contributed by atoms with Gasteiger partial charge in [-0.2, -0.15) is 0 Å². The second-order valence-electron chi connectivity index (χ2n) is 6.00. The zero-order chi connectivity index (χ0) is 14.5. The van der Waals surface area contributed by atoms with E-state index in [2.05, 4.69) is 18.7 Å². The first-order valence-electron chi connectivity index (χ1n) is 7.93. The van der Waals surface area contributed by atoms with Crippen LogP contribution in [0.1, 0.15) is 45.1 Å². The third-order valence-corrected chi connectivity index (χ3v) is 4.57. The summed E-state index contributed by atoms with van der Waals surface area (Å²) >= 11 is 0. The molecule has 1 aliphatic heterocycles. The largest absolute Gasteiger partial charge is 0.369 e. The highest BCUT2D eigenvalue weighted by Gasteiger charge is 2.20. The van der Waals surface area contributed by atoms with Crippen LogP contribution in [0.2, 0.25) is 0 Å². The predicted molar refractivity (Wildman–Crippen MR) is 83.6 cm³/mol. The highest BCUT2D eigenvalue weighted by atomic mass is 19.1. The fraction of sp³-hybridized carbons (Fsp3) is 0.647. The van der Waals surface area contributed by atoms with Gasteiger partial charge in [-0.1, -0.05) is 26.3 Å².